The van der Waals surface area contributed by atoms with E-state index in [4.69, 9.17) is 13.0 Å². The van der Waals surface area contributed by atoms with Gasteiger partial charge < -0.3 is 5.11 Å². The lowest BCUT2D eigenvalue weighted by Crippen LogP contribution is -2.00. The summed E-state index contributed by atoms with van der Waals surface area (Å²) in [7, 11) is 5.20. The number of benzene rings is 1. The molecule has 1 aromatic carbocycles. The lowest BCUT2D eigenvalue weighted by Gasteiger charge is -1.94. The van der Waals surface area contributed by atoms with E-state index in [2.05, 4.69) is 0 Å². The van der Waals surface area contributed by atoms with E-state index in [1.807, 2.05) is 0 Å². The zero-order chi connectivity index (χ0) is 6.85. The summed E-state index contributed by atoms with van der Waals surface area (Å²) >= 11 is 0. The van der Waals surface area contributed by atoms with Crippen LogP contribution in [0.15, 0.2) is 18.2 Å². The SMILES string of the molecule is [B]c1ccc(F)c(O)c1. The molecule has 0 atom stereocenters. The molecule has 2 radical (unpaired) electrons. The van der Waals surface area contributed by atoms with Crippen LogP contribution in [-0.4, -0.2) is 13.0 Å². The summed E-state index contributed by atoms with van der Waals surface area (Å²) in [5, 5.41) is 8.65. The van der Waals surface area contributed by atoms with Gasteiger partial charge in [0.05, 0.1) is 0 Å². The lowest BCUT2D eigenvalue weighted by molar-refractivity contribution is 0.433. The van der Waals surface area contributed by atoms with Crippen molar-refractivity contribution in [2.24, 2.45) is 0 Å². The molecule has 0 aliphatic heterocycles. The standard InChI is InChI=1S/C6H4BFO/c7-4-1-2-5(8)6(9)3-4/h1-3,9H. The fraction of sp³-hybridized carbons (Fsp3) is 0. The lowest BCUT2D eigenvalue weighted by atomic mass is 9.96. The van der Waals surface area contributed by atoms with Crippen molar-refractivity contribution in [3.8, 4) is 5.75 Å². The van der Waals surface area contributed by atoms with Crippen LogP contribution in [0.2, 0.25) is 0 Å². The Morgan fingerprint density at radius 1 is 1.44 bits per heavy atom. The maximum absolute atomic E-state index is 12.2. The Bertz CT molecular complexity index is 224. The van der Waals surface area contributed by atoms with Crippen molar-refractivity contribution < 1.29 is 9.50 Å². The van der Waals surface area contributed by atoms with Gasteiger partial charge in [-0.1, -0.05) is 11.5 Å². The van der Waals surface area contributed by atoms with Gasteiger partial charge in [0.15, 0.2) is 11.6 Å². The molecule has 0 aliphatic rings. The van der Waals surface area contributed by atoms with Gasteiger partial charge in [0.25, 0.3) is 0 Å². The number of aromatic hydroxyl groups is 1. The largest absolute Gasteiger partial charge is 0.505 e. The molecule has 0 bridgehead atoms. The van der Waals surface area contributed by atoms with Crippen molar-refractivity contribution in [1.82, 2.24) is 0 Å². The molecule has 0 aliphatic carbocycles. The van der Waals surface area contributed by atoms with Gasteiger partial charge in [-0.2, -0.15) is 0 Å². The van der Waals surface area contributed by atoms with Crippen LogP contribution in [0.3, 0.4) is 0 Å². The monoisotopic (exact) mass is 122 g/mol. The molecule has 0 saturated carbocycles. The van der Waals surface area contributed by atoms with E-state index < -0.39 is 11.6 Å². The minimum atomic E-state index is -0.649. The summed E-state index contributed by atoms with van der Waals surface area (Å²) in [6, 6.07) is 3.66. The third-order valence-corrected chi connectivity index (χ3v) is 0.970. The van der Waals surface area contributed by atoms with Crippen molar-refractivity contribution >= 4 is 13.3 Å². The minimum Gasteiger partial charge on any atom is -0.505 e. The highest BCUT2D eigenvalue weighted by molar-refractivity contribution is 6.32. The Balaban J connectivity index is 3.17. The molecule has 0 spiro atoms. The molecule has 0 aromatic heterocycles. The van der Waals surface area contributed by atoms with Gasteiger partial charge in [-0.25, -0.2) is 4.39 Å². The van der Waals surface area contributed by atoms with Gasteiger partial charge in [-0.3, -0.25) is 0 Å². The minimum absolute atomic E-state index is 0.355. The van der Waals surface area contributed by atoms with Gasteiger partial charge in [0.1, 0.15) is 7.85 Å². The molecule has 3 heteroatoms. The molecule has 44 valence electrons. The third-order valence-electron chi connectivity index (χ3n) is 0.970. The van der Waals surface area contributed by atoms with Crippen LogP contribution in [0.4, 0.5) is 4.39 Å². The molecular weight excluding hydrogens is 118 g/mol. The second kappa shape index (κ2) is 2.09. The molecule has 1 N–H and O–H groups in total. The molecule has 0 unspecified atom stereocenters. The van der Waals surface area contributed by atoms with Gasteiger partial charge in [0.2, 0.25) is 0 Å². The fourth-order valence-corrected chi connectivity index (χ4v) is 0.530. The summed E-state index contributed by atoms with van der Waals surface area (Å²) in [6.45, 7) is 0. The first-order chi connectivity index (χ1) is 4.20. The Labute approximate surface area is 53.5 Å². The maximum Gasteiger partial charge on any atom is 0.164 e. The molecule has 1 rings (SSSR count). The molecule has 0 saturated heterocycles. The highest BCUT2D eigenvalue weighted by atomic mass is 19.1. The van der Waals surface area contributed by atoms with Crippen LogP contribution in [0.5, 0.6) is 5.75 Å². The quantitative estimate of drug-likeness (QED) is 0.491. The van der Waals surface area contributed by atoms with Gasteiger partial charge in [-0.15, -0.1) is 0 Å². The zero-order valence-corrected chi connectivity index (χ0v) is 4.63. The van der Waals surface area contributed by atoms with E-state index in [1.54, 1.807) is 0 Å². The van der Waals surface area contributed by atoms with E-state index >= 15 is 0 Å². The third kappa shape index (κ3) is 1.22. The second-order valence-electron chi connectivity index (χ2n) is 1.71. The smallest absolute Gasteiger partial charge is 0.164 e. The topological polar surface area (TPSA) is 20.2 Å². The van der Waals surface area contributed by atoms with E-state index in [9.17, 15) is 4.39 Å². The van der Waals surface area contributed by atoms with E-state index in [1.165, 1.54) is 6.07 Å². The molecule has 1 aromatic rings. The van der Waals surface area contributed by atoms with Crippen LogP contribution in [-0.2, 0) is 0 Å². The summed E-state index contributed by atoms with van der Waals surface area (Å²) in [4.78, 5) is 0. The van der Waals surface area contributed by atoms with E-state index in [0.29, 0.717) is 5.46 Å². The molecule has 0 fully saturated rings. The van der Waals surface area contributed by atoms with Crippen LogP contribution >= 0.6 is 0 Å². The van der Waals surface area contributed by atoms with Crippen molar-refractivity contribution in [3.63, 3.8) is 0 Å². The van der Waals surface area contributed by atoms with Gasteiger partial charge >= 0.3 is 0 Å². The first-order valence-electron chi connectivity index (χ1n) is 2.44. The average Bonchev–Trinajstić information content (AvgIpc) is 1.80. The summed E-state index contributed by atoms with van der Waals surface area (Å²) in [5.74, 6) is -1.06. The van der Waals surface area contributed by atoms with E-state index in [-0.39, 0.29) is 0 Å². The maximum atomic E-state index is 12.2. The molecule has 9 heavy (non-hydrogen) atoms. The number of hydrogen-bond donors (Lipinski definition) is 1. The van der Waals surface area contributed by atoms with Crippen LogP contribution in [0, 0.1) is 5.82 Å². The number of rotatable bonds is 0. The molecule has 0 heterocycles. The van der Waals surface area contributed by atoms with Gasteiger partial charge in [0, 0.05) is 0 Å². The molecule has 0 amide bonds. The van der Waals surface area contributed by atoms with Crippen molar-refractivity contribution in [2.45, 2.75) is 0 Å². The highest BCUT2D eigenvalue weighted by Gasteiger charge is 1.95. The first kappa shape index (κ1) is 6.14. The van der Waals surface area contributed by atoms with Crippen LogP contribution in [0.1, 0.15) is 0 Å². The summed E-state index contributed by atoms with van der Waals surface area (Å²) in [5.41, 5.74) is 0.355. The molecule has 1 nitrogen and oxygen atoms in total. The summed E-state index contributed by atoms with van der Waals surface area (Å²) in [6.07, 6.45) is 0. The summed E-state index contributed by atoms with van der Waals surface area (Å²) < 4.78 is 12.2. The number of halogens is 1. The average molecular weight is 122 g/mol. The number of phenolic OH excluding ortho intramolecular Hbond substituents is 1. The Morgan fingerprint density at radius 2 is 2.11 bits per heavy atom. The predicted molar refractivity (Wildman–Crippen MR) is 33.5 cm³/mol. The number of hydrogen-bond acceptors (Lipinski definition) is 1. The highest BCUT2D eigenvalue weighted by Crippen LogP contribution is 2.09. The Kier molecular flexibility index (Phi) is 1.43. The van der Waals surface area contributed by atoms with Crippen LogP contribution < -0.4 is 5.46 Å². The normalized spacial score (nSPS) is 9.44. The second-order valence-corrected chi connectivity index (χ2v) is 1.71. The first-order valence-corrected chi connectivity index (χ1v) is 2.44. The van der Waals surface area contributed by atoms with Crippen molar-refractivity contribution in [2.75, 3.05) is 0 Å². The number of phenols is 1. The van der Waals surface area contributed by atoms with Gasteiger partial charge in [-0.05, 0) is 12.1 Å². The molecular formula is C6H4BFO. The van der Waals surface area contributed by atoms with Crippen molar-refractivity contribution in [3.05, 3.63) is 24.0 Å². The fourth-order valence-electron chi connectivity index (χ4n) is 0.530. The zero-order valence-electron chi connectivity index (χ0n) is 4.63. The van der Waals surface area contributed by atoms with E-state index in [0.717, 1.165) is 12.1 Å². The predicted octanol–water partition coefficient (Wildman–Crippen LogP) is 0.325. The van der Waals surface area contributed by atoms with Crippen molar-refractivity contribution in [1.29, 1.82) is 0 Å². The van der Waals surface area contributed by atoms with Crippen LogP contribution in [0.25, 0.3) is 0 Å². The Morgan fingerprint density at radius 3 is 2.56 bits per heavy atom. The Hall–Kier alpha value is -0.985.